The van der Waals surface area contributed by atoms with Crippen molar-refractivity contribution in [1.82, 2.24) is 9.97 Å². The maximum absolute atomic E-state index is 9.83. The zero-order chi connectivity index (χ0) is 14.0. The van der Waals surface area contributed by atoms with Gasteiger partial charge in [0.1, 0.15) is 5.82 Å². The lowest BCUT2D eigenvalue weighted by Crippen LogP contribution is -2.19. The van der Waals surface area contributed by atoms with Gasteiger partial charge in [0.25, 0.3) is 0 Å². The molecule has 0 aliphatic heterocycles. The topological polar surface area (TPSA) is 78.3 Å². The molecule has 5 nitrogen and oxygen atoms in total. The van der Waals surface area contributed by atoms with Gasteiger partial charge in [-0.15, -0.1) is 0 Å². The van der Waals surface area contributed by atoms with Crippen molar-refractivity contribution in [1.29, 1.82) is 0 Å². The summed E-state index contributed by atoms with van der Waals surface area (Å²) < 4.78 is 0. The van der Waals surface area contributed by atoms with E-state index in [1.165, 1.54) is 11.8 Å². The van der Waals surface area contributed by atoms with Gasteiger partial charge in [0.05, 0.1) is 6.10 Å². The van der Waals surface area contributed by atoms with Crippen LogP contribution in [0.2, 0.25) is 0 Å². The lowest BCUT2D eigenvalue weighted by Gasteiger charge is -2.16. The number of aliphatic hydroxyl groups is 2. The number of aromatic nitrogens is 2. The van der Waals surface area contributed by atoms with Crippen molar-refractivity contribution < 1.29 is 10.2 Å². The summed E-state index contributed by atoms with van der Waals surface area (Å²) in [6.45, 7) is 4.01. The first-order chi connectivity index (χ1) is 9.05. The molecule has 3 unspecified atom stereocenters. The van der Waals surface area contributed by atoms with E-state index < -0.39 is 6.10 Å². The predicted octanol–water partition coefficient (Wildman–Crippen LogP) is 1.36. The molecule has 1 aliphatic carbocycles. The third kappa shape index (κ3) is 3.19. The van der Waals surface area contributed by atoms with Gasteiger partial charge in [0, 0.05) is 29.8 Å². The van der Waals surface area contributed by atoms with E-state index in [1.807, 2.05) is 20.1 Å². The SMILES string of the molecule is CSc1nc(C)c(C)c(NC2CC(O)C(CO)C2)n1. The van der Waals surface area contributed by atoms with Crippen molar-refractivity contribution in [3.05, 3.63) is 11.3 Å². The molecule has 1 saturated carbocycles. The molecule has 0 amide bonds. The van der Waals surface area contributed by atoms with E-state index in [4.69, 9.17) is 0 Å². The largest absolute Gasteiger partial charge is 0.396 e. The molecule has 6 heteroatoms. The molecule has 1 aromatic rings. The van der Waals surface area contributed by atoms with Crippen LogP contribution in [0.1, 0.15) is 24.1 Å². The van der Waals surface area contributed by atoms with E-state index in [-0.39, 0.29) is 18.6 Å². The van der Waals surface area contributed by atoms with E-state index in [9.17, 15) is 10.2 Å². The van der Waals surface area contributed by atoms with Gasteiger partial charge in [-0.3, -0.25) is 0 Å². The van der Waals surface area contributed by atoms with Gasteiger partial charge in [0.15, 0.2) is 5.16 Å². The van der Waals surface area contributed by atoms with Crippen molar-refractivity contribution in [2.75, 3.05) is 18.2 Å². The molecule has 0 bridgehead atoms. The quantitative estimate of drug-likeness (QED) is 0.572. The van der Waals surface area contributed by atoms with Crippen LogP contribution in [0.4, 0.5) is 5.82 Å². The lowest BCUT2D eigenvalue weighted by molar-refractivity contribution is 0.0908. The van der Waals surface area contributed by atoms with E-state index in [1.54, 1.807) is 0 Å². The van der Waals surface area contributed by atoms with Gasteiger partial charge in [-0.2, -0.15) is 0 Å². The smallest absolute Gasteiger partial charge is 0.189 e. The number of thioether (sulfide) groups is 1. The molecule has 1 fully saturated rings. The molecule has 0 radical (unpaired) electrons. The normalized spacial score (nSPS) is 26.7. The lowest BCUT2D eigenvalue weighted by atomic mass is 10.1. The molecule has 106 valence electrons. The molecular weight excluding hydrogens is 262 g/mol. The van der Waals surface area contributed by atoms with E-state index in [2.05, 4.69) is 15.3 Å². The second kappa shape index (κ2) is 6.07. The van der Waals surface area contributed by atoms with Gasteiger partial charge in [-0.25, -0.2) is 9.97 Å². The minimum Gasteiger partial charge on any atom is -0.396 e. The van der Waals surface area contributed by atoms with E-state index in [0.29, 0.717) is 6.42 Å². The highest BCUT2D eigenvalue weighted by atomic mass is 32.2. The number of hydrogen-bond acceptors (Lipinski definition) is 6. The van der Waals surface area contributed by atoms with E-state index >= 15 is 0 Å². The number of rotatable bonds is 4. The van der Waals surface area contributed by atoms with Crippen LogP contribution in [-0.2, 0) is 0 Å². The van der Waals surface area contributed by atoms with Crippen LogP contribution < -0.4 is 5.32 Å². The fraction of sp³-hybridized carbons (Fsp3) is 0.692. The highest BCUT2D eigenvalue weighted by Crippen LogP contribution is 2.29. The number of aryl methyl sites for hydroxylation is 1. The summed E-state index contributed by atoms with van der Waals surface area (Å²) in [4.78, 5) is 8.88. The average molecular weight is 283 g/mol. The van der Waals surface area contributed by atoms with Crippen LogP contribution in [0, 0.1) is 19.8 Å². The van der Waals surface area contributed by atoms with E-state index in [0.717, 1.165) is 28.7 Å². The molecule has 0 saturated heterocycles. The van der Waals surface area contributed by atoms with Crippen molar-refractivity contribution in [2.45, 2.75) is 44.0 Å². The molecule has 3 N–H and O–H groups in total. The third-order valence-corrected chi connectivity index (χ3v) is 4.33. The number of nitrogens with zero attached hydrogens (tertiary/aromatic N) is 2. The third-order valence-electron chi connectivity index (χ3n) is 3.78. The Bertz CT molecular complexity index is 456. The average Bonchev–Trinajstić information content (AvgIpc) is 2.74. The fourth-order valence-corrected chi connectivity index (χ4v) is 2.86. The molecule has 3 atom stereocenters. The molecular formula is C13H21N3O2S. The second-order valence-electron chi connectivity index (χ2n) is 5.09. The zero-order valence-electron chi connectivity index (χ0n) is 11.6. The first kappa shape index (κ1) is 14.6. The summed E-state index contributed by atoms with van der Waals surface area (Å²) in [5.74, 6) is 0.813. The number of anilines is 1. The van der Waals surface area contributed by atoms with Gasteiger partial charge >= 0.3 is 0 Å². The first-order valence-corrected chi connectivity index (χ1v) is 7.72. The summed E-state index contributed by atoms with van der Waals surface area (Å²) in [5, 5.41) is 23.1. The zero-order valence-corrected chi connectivity index (χ0v) is 12.4. The monoisotopic (exact) mass is 283 g/mol. The Morgan fingerprint density at radius 3 is 2.63 bits per heavy atom. The Morgan fingerprint density at radius 1 is 1.32 bits per heavy atom. The number of nitrogens with one attached hydrogen (secondary N) is 1. The van der Waals surface area contributed by atoms with Crippen molar-refractivity contribution in [2.24, 2.45) is 5.92 Å². The Morgan fingerprint density at radius 2 is 2.05 bits per heavy atom. The molecule has 2 rings (SSSR count). The maximum Gasteiger partial charge on any atom is 0.189 e. The molecule has 1 aliphatic rings. The van der Waals surface area contributed by atoms with Crippen LogP contribution in [-0.4, -0.2) is 45.2 Å². The molecule has 19 heavy (non-hydrogen) atoms. The standard InChI is InChI=1S/C13H21N3O2S/c1-7-8(2)14-13(19-3)16-12(7)15-10-4-9(6-17)11(18)5-10/h9-11,17-18H,4-6H2,1-3H3,(H,14,15,16). The highest BCUT2D eigenvalue weighted by Gasteiger charge is 2.32. The predicted molar refractivity (Wildman–Crippen MR) is 76.5 cm³/mol. The Balaban J connectivity index is 2.13. The van der Waals surface area contributed by atoms with Crippen LogP contribution in [0.5, 0.6) is 0 Å². The summed E-state index contributed by atoms with van der Waals surface area (Å²) in [6, 6.07) is 0.162. The van der Waals surface area contributed by atoms with Crippen molar-refractivity contribution >= 4 is 17.6 Å². The summed E-state index contributed by atoms with van der Waals surface area (Å²) in [5.41, 5.74) is 2.01. The highest BCUT2D eigenvalue weighted by molar-refractivity contribution is 7.98. The summed E-state index contributed by atoms with van der Waals surface area (Å²) in [7, 11) is 0. The minimum atomic E-state index is -0.425. The number of hydrogen-bond donors (Lipinski definition) is 3. The van der Waals surface area contributed by atoms with Crippen molar-refractivity contribution in [3.8, 4) is 0 Å². The maximum atomic E-state index is 9.83. The Labute approximate surface area is 117 Å². The van der Waals surface area contributed by atoms with Crippen LogP contribution in [0.25, 0.3) is 0 Å². The first-order valence-electron chi connectivity index (χ1n) is 6.49. The summed E-state index contributed by atoms with van der Waals surface area (Å²) in [6.07, 6.45) is 2.96. The molecule has 0 spiro atoms. The Hall–Kier alpha value is -0.850. The van der Waals surface area contributed by atoms with Gasteiger partial charge in [-0.05, 0) is 32.9 Å². The minimum absolute atomic E-state index is 0.0271. The van der Waals surface area contributed by atoms with Crippen molar-refractivity contribution in [3.63, 3.8) is 0 Å². The molecule has 1 heterocycles. The molecule has 0 aromatic carbocycles. The van der Waals surface area contributed by atoms with Crippen LogP contribution in [0.15, 0.2) is 5.16 Å². The van der Waals surface area contributed by atoms with Crippen LogP contribution in [0.3, 0.4) is 0 Å². The number of aliphatic hydroxyl groups excluding tert-OH is 2. The molecule has 1 aromatic heterocycles. The van der Waals surface area contributed by atoms with Gasteiger partial charge in [0.2, 0.25) is 0 Å². The van der Waals surface area contributed by atoms with Gasteiger partial charge in [-0.1, -0.05) is 11.8 Å². The van der Waals surface area contributed by atoms with Gasteiger partial charge < -0.3 is 15.5 Å². The van der Waals surface area contributed by atoms with Crippen LogP contribution >= 0.6 is 11.8 Å². The fourth-order valence-electron chi connectivity index (χ4n) is 2.45. The Kier molecular flexibility index (Phi) is 4.65. The second-order valence-corrected chi connectivity index (χ2v) is 5.87. The summed E-state index contributed by atoms with van der Waals surface area (Å²) >= 11 is 1.52.